The lowest BCUT2D eigenvalue weighted by Gasteiger charge is -2.27. The Morgan fingerprint density at radius 1 is 1.05 bits per heavy atom. The highest BCUT2D eigenvalue weighted by Gasteiger charge is 2.41. The van der Waals surface area contributed by atoms with Crippen LogP contribution < -0.4 is 20.9 Å². The monoisotopic (exact) mass is 557 g/mol. The molecule has 0 aliphatic carbocycles. The molecule has 13 heteroatoms. The van der Waals surface area contributed by atoms with Crippen molar-refractivity contribution in [3.63, 3.8) is 0 Å². The molecular weight excluding hydrogens is 530 g/mol. The summed E-state index contributed by atoms with van der Waals surface area (Å²) in [6, 6.07) is 12.3. The number of carbonyl (C=O) groups excluding carboxylic acids is 4. The van der Waals surface area contributed by atoms with Crippen LogP contribution in [0.25, 0.3) is 0 Å². The molecule has 3 aliphatic heterocycles. The molecule has 206 valence electrons. The Labute approximate surface area is 229 Å². The van der Waals surface area contributed by atoms with E-state index in [0.717, 1.165) is 0 Å². The van der Waals surface area contributed by atoms with Gasteiger partial charge in [0.2, 0.25) is 5.91 Å². The van der Waals surface area contributed by atoms with Gasteiger partial charge in [-0.1, -0.05) is 11.6 Å². The van der Waals surface area contributed by atoms with Crippen LogP contribution in [0, 0.1) is 0 Å². The third-order valence-corrected chi connectivity index (χ3v) is 6.87. The van der Waals surface area contributed by atoms with E-state index in [1.165, 1.54) is 4.90 Å². The number of likely N-dealkylation sites (tertiary alicyclic amines) is 1. The Bertz CT molecular complexity index is 1230. The van der Waals surface area contributed by atoms with Gasteiger partial charge in [0.05, 0.1) is 25.9 Å². The van der Waals surface area contributed by atoms with Crippen LogP contribution in [0.5, 0.6) is 0 Å². The van der Waals surface area contributed by atoms with Crippen LogP contribution in [0.4, 0.5) is 26.7 Å². The number of hydrogen-bond acceptors (Lipinski definition) is 7. The zero-order valence-corrected chi connectivity index (χ0v) is 21.7. The molecule has 3 saturated heterocycles. The van der Waals surface area contributed by atoms with E-state index in [2.05, 4.69) is 16.0 Å². The second kappa shape index (κ2) is 11.9. The molecule has 3 heterocycles. The fourth-order valence-electron chi connectivity index (χ4n) is 4.63. The summed E-state index contributed by atoms with van der Waals surface area (Å²) in [6.45, 7) is 1.61. The first-order chi connectivity index (χ1) is 18.9. The van der Waals surface area contributed by atoms with Crippen molar-refractivity contribution in [2.75, 3.05) is 55.0 Å². The SMILES string of the molecule is O=C1NCC(CO[C@@H]2C[C@H](C(=O)Nc3ccc(N4CCOCC4=O)cc3)N(C(=O)Nc3ccc(Cl)cc3)C2)O1. The number of anilines is 3. The molecule has 0 aromatic heterocycles. The number of benzene rings is 2. The van der Waals surface area contributed by atoms with Crippen LogP contribution in [0.1, 0.15) is 6.42 Å². The second-order valence-corrected chi connectivity index (χ2v) is 9.77. The number of hydrogen-bond donors (Lipinski definition) is 3. The molecule has 12 nitrogen and oxygen atoms in total. The molecule has 5 rings (SSSR count). The molecule has 2 aromatic carbocycles. The first kappa shape index (κ1) is 26.7. The summed E-state index contributed by atoms with van der Waals surface area (Å²) < 4.78 is 16.2. The zero-order chi connectivity index (χ0) is 27.4. The van der Waals surface area contributed by atoms with Crippen LogP contribution >= 0.6 is 11.6 Å². The standard InChI is InChI=1S/C26H28ClN5O7/c27-16-1-3-18(4-2-16)30-25(35)32-13-20(38-14-21-12-28-26(36)39-21)11-22(32)24(34)29-17-5-7-19(8-6-17)31-9-10-37-15-23(31)33/h1-8,20-22H,9-15H2,(H,28,36)(H,29,34)(H,30,35)/t20-,21?,22-/m1/s1. The van der Waals surface area contributed by atoms with Crippen molar-refractivity contribution in [1.29, 1.82) is 0 Å². The maximum Gasteiger partial charge on any atom is 0.407 e. The number of amides is 5. The number of cyclic esters (lactones) is 1. The fourth-order valence-corrected chi connectivity index (χ4v) is 4.76. The average molecular weight is 558 g/mol. The Morgan fingerprint density at radius 3 is 2.46 bits per heavy atom. The van der Waals surface area contributed by atoms with Gasteiger partial charge in [0, 0.05) is 41.6 Å². The molecule has 0 bridgehead atoms. The maximum atomic E-state index is 13.3. The summed E-state index contributed by atoms with van der Waals surface area (Å²) >= 11 is 5.94. The van der Waals surface area contributed by atoms with Gasteiger partial charge in [-0.25, -0.2) is 9.59 Å². The number of nitrogens with one attached hydrogen (secondary N) is 3. The smallest absolute Gasteiger partial charge is 0.407 e. The number of rotatable bonds is 7. The molecule has 2 aromatic rings. The fraction of sp³-hybridized carbons (Fsp3) is 0.385. The highest BCUT2D eigenvalue weighted by molar-refractivity contribution is 6.30. The largest absolute Gasteiger partial charge is 0.442 e. The number of morpholine rings is 1. The van der Waals surface area contributed by atoms with Crippen molar-refractivity contribution in [2.45, 2.75) is 24.7 Å². The molecule has 3 atom stereocenters. The summed E-state index contributed by atoms with van der Waals surface area (Å²) in [5.41, 5.74) is 1.77. The van der Waals surface area contributed by atoms with Crippen LogP contribution in [0.2, 0.25) is 5.02 Å². The van der Waals surface area contributed by atoms with Crippen molar-refractivity contribution in [3.8, 4) is 0 Å². The molecule has 0 spiro atoms. The molecule has 39 heavy (non-hydrogen) atoms. The van der Waals surface area contributed by atoms with Crippen molar-refractivity contribution in [1.82, 2.24) is 10.2 Å². The molecule has 0 radical (unpaired) electrons. The molecule has 3 N–H and O–H groups in total. The summed E-state index contributed by atoms with van der Waals surface area (Å²) in [5.74, 6) is -0.503. The Hall–Kier alpha value is -3.87. The Balaban J connectivity index is 1.25. The van der Waals surface area contributed by atoms with Crippen LogP contribution in [0.15, 0.2) is 48.5 Å². The topological polar surface area (TPSA) is 139 Å². The predicted octanol–water partition coefficient (Wildman–Crippen LogP) is 2.44. The number of alkyl carbamates (subject to hydrolysis) is 1. The number of halogens is 1. The minimum absolute atomic E-state index is 0.0387. The van der Waals surface area contributed by atoms with Crippen LogP contribution in [0.3, 0.4) is 0 Å². The summed E-state index contributed by atoms with van der Waals surface area (Å²) in [4.78, 5) is 53.0. The van der Waals surface area contributed by atoms with Gasteiger partial charge in [0.25, 0.3) is 5.91 Å². The van der Waals surface area contributed by atoms with Crippen LogP contribution in [-0.2, 0) is 23.8 Å². The van der Waals surface area contributed by atoms with Crippen molar-refractivity contribution in [2.24, 2.45) is 0 Å². The van der Waals surface area contributed by atoms with Gasteiger partial charge in [-0.3, -0.25) is 9.59 Å². The van der Waals surface area contributed by atoms with E-state index in [4.69, 9.17) is 25.8 Å². The van der Waals surface area contributed by atoms with E-state index in [0.29, 0.717) is 41.8 Å². The third kappa shape index (κ3) is 6.59. The normalized spacial score (nSPS) is 22.8. The lowest BCUT2D eigenvalue weighted by molar-refractivity contribution is -0.125. The summed E-state index contributed by atoms with van der Waals surface area (Å²) in [6.07, 6.45) is -1.11. The summed E-state index contributed by atoms with van der Waals surface area (Å²) in [5, 5.41) is 8.76. The highest BCUT2D eigenvalue weighted by atomic mass is 35.5. The third-order valence-electron chi connectivity index (χ3n) is 6.62. The van der Waals surface area contributed by atoms with Crippen molar-refractivity contribution >= 4 is 52.6 Å². The van der Waals surface area contributed by atoms with E-state index < -0.39 is 30.4 Å². The van der Waals surface area contributed by atoms with Gasteiger partial charge < -0.3 is 40.0 Å². The molecule has 5 amide bonds. The number of urea groups is 1. The second-order valence-electron chi connectivity index (χ2n) is 9.34. The quantitative estimate of drug-likeness (QED) is 0.475. The lowest BCUT2D eigenvalue weighted by atomic mass is 10.1. The molecule has 3 aliphatic rings. The van der Waals surface area contributed by atoms with Crippen molar-refractivity contribution < 1.29 is 33.4 Å². The van der Waals surface area contributed by atoms with Gasteiger partial charge in [-0.05, 0) is 48.5 Å². The van der Waals surface area contributed by atoms with Gasteiger partial charge in [0.1, 0.15) is 18.8 Å². The predicted molar refractivity (Wildman–Crippen MR) is 142 cm³/mol. The first-order valence-corrected chi connectivity index (χ1v) is 12.9. The minimum Gasteiger partial charge on any atom is -0.442 e. The highest BCUT2D eigenvalue weighted by Crippen LogP contribution is 2.25. The van der Waals surface area contributed by atoms with E-state index in [1.54, 1.807) is 53.4 Å². The van der Waals surface area contributed by atoms with Gasteiger partial charge in [-0.15, -0.1) is 0 Å². The minimum atomic E-state index is -0.813. The maximum absolute atomic E-state index is 13.3. The van der Waals surface area contributed by atoms with Crippen molar-refractivity contribution in [3.05, 3.63) is 53.6 Å². The molecule has 0 saturated carbocycles. The van der Waals surface area contributed by atoms with Gasteiger partial charge in [-0.2, -0.15) is 0 Å². The number of ether oxygens (including phenoxy) is 3. The van der Waals surface area contributed by atoms with Crippen LogP contribution in [-0.4, -0.2) is 86.5 Å². The Kier molecular flexibility index (Phi) is 8.15. The number of nitrogens with zero attached hydrogens (tertiary/aromatic N) is 2. The number of carbonyl (C=O) groups is 4. The van der Waals surface area contributed by atoms with E-state index in [9.17, 15) is 19.2 Å². The molecular formula is C26H28ClN5O7. The average Bonchev–Trinajstić information content (AvgIpc) is 3.56. The van der Waals surface area contributed by atoms with E-state index >= 15 is 0 Å². The lowest BCUT2D eigenvalue weighted by Crippen LogP contribution is -2.45. The Morgan fingerprint density at radius 2 is 1.77 bits per heavy atom. The van der Waals surface area contributed by atoms with Gasteiger partial charge >= 0.3 is 12.1 Å². The first-order valence-electron chi connectivity index (χ1n) is 12.5. The molecule has 3 fully saturated rings. The summed E-state index contributed by atoms with van der Waals surface area (Å²) in [7, 11) is 0. The van der Waals surface area contributed by atoms with E-state index in [-0.39, 0.29) is 38.0 Å². The van der Waals surface area contributed by atoms with Gasteiger partial charge in [0.15, 0.2) is 0 Å². The molecule has 1 unspecified atom stereocenters. The van der Waals surface area contributed by atoms with E-state index in [1.807, 2.05) is 0 Å². The zero-order valence-electron chi connectivity index (χ0n) is 20.9.